The Balaban J connectivity index is 1.34. The van der Waals surface area contributed by atoms with E-state index in [0.717, 1.165) is 54.8 Å². The molecule has 1 unspecified atom stereocenters. The number of amides is 1. The number of rotatable bonds is 8. The lowest BCUT2D eigenvalue weighted by Crippen LogP contribution is -2.36. The summed E-state index contributed by atoms with van der Waals surface area (Å²) in [6.45, 7) is 3.97. The summed E-state index contributed by atoms with van der Waals surface area (Å²) in [6, 6.07) is 3.40. The number of anilines is 1. The van der Waals surface area contributed by atoms with E-state index < -0.39 is 40.7 Å². The van der Waals surface area contributed by atoms with E-state index in [1.165, 1.54) is 18.5 Å². The number of carbonyl (C=O) groups excluding carboxylic acids is 1. The largest absolute Gasteiger partial charge is 0.449 e. The van der Waals surface area contributed by atoms with E-state index in [1.807, 2.05) is 13.8 Å². The fourth-order valence-electron chi connectivity index (χ4n) is 4.88. The quantitative estimate of drug-likeness (QED) is 0.437. The van der Waals surface area contributed by atoms with Crippen LogP contribution >= 0.6 is 0 Å². The van der Waals surface area contributed by atoms with Gasteiger partial charge in [-0.05, 0) is 38.3 Å². The Morgan fingerprint density at radius 2 is 1.92 bits per heavy atom. The van der Waals surface area contributed by atoms with Crippen LogP contribution in [0, 0.1) is 17.6 Å². The molecule has 0 radical (unpaired) electrons. The first-order chi connectivity index (χ1) is 18.7. The molecule has 0 spiro atoms. The first-order valence-corrected chi connectivity index (χ1v) is 12.8. The van der Waals surface area contributed by atoms with Crippen LogP contribution in [-0.4, -0.2) is 38.0 Å². The monoisotopic (exact) mass is 541 g/mol. The number of carbonyl (C=O) groups is 1. The van der Waals surface area contributed by atoms with Gasteiger partial charge in [-0.25, -0.2) is 18.4 Å². The average Bonchev–Trinajstić information content (AvgIpc) is 3.55. The number of ether oxygens (including phenoxy) is 3. The van der Waals surface area contributed by atoms with E-state index >= 15 is 0 Å². The van der Waals surface area contributed by atoms with Gasteiger partial charge in [0.25, 0.3) is 11.5 Å². The number of halogens is 2. The van der Waals surface area contributed by atoms with Crippen LogP contribution in [0.3, 0.4) is 0 Å². The van der Waals surface area contributed by atoms with Gasteiger partial charge in [0, 0.05) is 6.07 Å². The van der Waals surface area contributed by atoms with Gasteiger partial charge in [0.1, 0.15) is 12.1 Å². The van der Waals surface area contributed by atoms with Crippen molar-refractivity contribution in [3.63, 3.8) is 0 Å². The Labute approximate surface area is 223 Å². The highest BCUT2D eigenvalue weighted by Gasteiger charge is 2.35. The van der Waals surface area contributed by atoms with Crippen molar-refractivity contribution in [2.24, 2.45) is 5.92 Å². The number of aromatic nitrogens is 4. The first-order valence-electron chi connectivity index (χ1n) is 12.8. The highest BCUT2D eigenvalue weighted by Crippen LogP contribution is 2.33. The zero-order valence-corrected chi connectivity index (χ0v) is 21.6. The molecular formula is C27H29F2N5O5. The van der Waals surface area contributed by atoms with Gasteiger partial charge in [-0.3, -0.25) is 14.6 Å². The van der Waals surface area contributed by atoms with E-state index in [0.29, 0.717) is 18.7 Å². The molecule has 0 bridgehead atoms. The van der Waals surface area contributed by atoms with Gasteiger partial charge < -0.3 is 19.5 Å². The third kappa shape index (κ3) is 6.28. The van der Waals surface area contributed by atoms with Crippen molar-refractivity contribution in [3.05, 3.63) is 70.5 Å². The van der Waals surface area contributed by atoms with E-state index in [1.54, 1.807) is 0 Å². The minimum absolute atomic E-state index is 0.150. The van der Waals surface area contributed by atoms with Crippen molar-refractivity contribution in [2.45, 2.75) is 63.9 Å². The van der Waals surface area contributed by atoms with E-state index in [4.69, 9.17) is 14.2 Å². The molecule has 1 aliphatic heterocycles. The third-order valence-electron chi connectivity index (χ3n) is 6.83. The summed E-state index contributed by atoms with van der Waals surface area (Å²) in [6.07, 6.45) is 8.12. The lowest BCUT2D eigenvalue weighted by molar-refractivity contribution is -0.139. The number of nitrogens with zero attached hydrogens (tertiary/aromatic N) is 4. The Morgan fingerprint density at radius 1 is 1.18 bits per heavy atom. The van der Waals surface area contributed by atoms with Crippen molar-refractivity contribution in [1.82, 2.24) is 19.7 Å². The topological polar surface area (TPSA) is 117 Å². The maximum absolute atomic E-state index is 14.0. The summed E-state index contributed by atoms with van der Waals surface area (Å²) in [5.41, 5.74) is -0.0781. The molecule has 2 fully saturated rings. The molecule has 12 heteroatoms. The molecule has 1 saturated heterocycles. The number of hydrogen-bond donors (Lipinski definition) is 1. The van der Waals surface area contributed by atoms with Crippen molar-refractivity contribution in [3.8, 4) is 11.5 Å². The van der Waals surface area contributed by atoms with Gasteiger partial charge in [0.2, 0.25) is 0 Å². The molecule has 1 aromatic carbocycles. The molecule has 3 aromatic rings. The number of nitrogens with one attached hydrogen (secondary N) is 1. The molecular weight excluding hydrogens is 512 g/mol. The first kappa shape index (κ1) is 26.8. The molecule has 206 valence electrons. The average molecular weight is 542 g/mol. The van der Waals surface area contributed by atoms with E-state index in [2.05, 4.69) is 20.4 Å². The molecule has 2 atom stereocenters. The minimum Gasteiger partial charge on any atom is -0.449 e. The third-order valence-corrected chi connectivity index (χ3v) is 6.83. The Hall–Kier alpha value is -3.77. The fourth-order valence-corrected chi connectivity index (χ4v) is 4.88. The van der Waals surface area contributed by atoms with Crippen LogP contribution in [0.15, 0.2) is 47.7 Å². The SMILES string of the molecule is CC1(C)OC[C@@H](c2cnc(NC(=O)C(CC3CCCC3)n3ncc(Oc4c(F)cccc4F)cc3=O)cn2)O1. The van der Waals surface area contributed by atoms with Gasteiger partial charge in [0.15, 0.2) is 34.7 Å². The Kier molecular flexibility index (Phi) is 7.67. The smallest absolute Gasteiger partial charge is 0.271 e. The van der Waals surface area contributed by atoms with Crippen LogP contribution < -0.4 is 15.6 Å². The van der Waals surface area contributed by atoms with Crippen molar-refractivity contribution >= 4 is 11.7 Å². The van der Waals surface area contributed by atoms with Crippen LogP contribution in [0.4, 0.5) is 14.6 Å². The van der Waals surface area contributed by atoms with Gasteiger partial charge in [-0.15, -0.1) is 0 Å². The highest BCUT2D eigenvalue weighted by molar-refractivity contribution is 5.92. The molecule has 1 saturated carbocycles. The molecule has 39 heavy (non-hydrogen) atoms. The van der Waals surface area contributed by atoms with Crippen LogP contribution in [0.5, 0.6) is 11.5 Å². The van der Waals surface area contributed by atoms with Crippen LogP contribution in [0.1, 0.15) is 63.8 Å². The summed E-state index contributed by atoms with van der Waals surface area (Å²) >= 11 is 0. The molecule has 2 aliphatic rings. The summed E-state index contributed by atoms with van der Waals surface area (Å²) in [4.78, 5) is 35.1. The molecule has 1 aliphatic carbocycles. The van der Waals surface area contributed by atoms with Crippen molar-refractivity contribution in [2.75, 3.05) is 11.9 Å². The summed E-state index contributed by atoms with van der Waals surface area (Å²) in [5, 5.41) is 6.86. The molecule has 2 aromatic heterocycles. The molecule has 10 nitrogen and oxygen atoms in total. The second kappa shape index (κ2) is 11.1. The van der Waals surface area contributed by atoms with Crippen LogP contribution in [0.25, 0.3) is 0 Å². The minimum atomic E-state index is -0.936. The predicted octanol–water partition coefficient (Wildman–Crippen LogP) is 4.69. The number of benzene rings is 1. The fraction of sp³-hybridized carbons (Fsp3) is 0.444. The normalized spacial score (nSPS) is 19.6. The Morgan fingerprint density at radius 3 is 2.54 bits per heavy atom. The lowest BCUT2D eigenvalue weighted by Gasteiger charge is -2.21. The summed E-state index contributed by atoms with van der Waals surface area (Å²) in [7, 11) is 0. The van der Waals surface area contributed by atoms with E-state index in [9.17, 15) is 18.4 Å². The lowest BCUT2D eigenvalue weighted by atomic mass is 9.98. The number of para-hydroxylation sites is 1. The predicted molar refractivity (Wildman–Crippen MR) is 135 cm³/mol. The molecule has 1 N–H and O–H groups in total. The molecule has 1 amide bonds. The highest BCUT2D eigenvalue weighted by atomic mass is 19.1. The summed E-state index contributed by atoms with van der Waals surface area (Å²) in [5.74, 6) is -3.36. The zero-order chi connectivity index (χ0) is 27.6. The van der Waals surface area contributed by atoms with Gasteiger partial charge in [-0.2, -0.15) is 5.10 Å². The van der Waals surface area contributed by atoms with Gasteiger partial charge in [0.05, 0.1) is 30.9 Å². The maximum Gasteiger partial charge on any atom is 0.271 e. The van der Waals surface area contributed by atoms with Gasteiger partial charge in [-0.1, -0.05) is 31.7 Å². The van der Waals surface area contributed by atoms with Crippen molar-refractivity contribution in [1.29, 1.82) is 0 Å². The zero-order valence-electron chi connectivity index (χ0n) is 21.6. The second-order valence-electron chi connectivity index (χ2n) is 10.2. The van der Waals surface area contributed by atoms with Crippen molar-refractivity contribution < 1.29 is 27.8 Å². The number of hydrogen-bond acceptors (Lipinski definition) is 8. The van der Waals surface area contributed by atoms with Crippen LogP contribution in [0.2, 0.25) is 0 Å². The second-order valence-corrected chi connectivity index (χ2v) is 10.2. The molecule has 5 rings (SSSR count). The maximum atomic E-state index is 14.0. The summed E-state index contributed by atoms with van der Waals surface area (Å²) < 4.78 is 45.6. The standard InChI is InChI=1S/C27H29F2N5O5/c1-27(2)37-15-22(39-27)20-13-31-23(14-30-20)33-26(36)21(10-16-6-3-4-7-16)34-24(35)11-17(12-32-34)38-25-18(28)8-5-9-19(25)29/h5,8-9,11-14,16,21-22H,3-4,6-7,10,15H2,1-2H3,(H,31,33,36)/t21?,22-/m0/s1. The molecule has 3 heterocycles. The van der Waals surface area contributed by atoms with Crippen LogP contribution in [-0.2, 0) is 14.3 Å². The van der Waals surface area contributed by atoms with Gasteiger partial charge >= 0.3 is 0 Å². The Bertz CT molecular complexity index is 1370. The van der Waals surface area contributed by atoms with E-state index in [-0.39, 0.29) is 23.6 Å².